The Balaban J connectivity index is 1.36. The van der Waals surface area contributed by atoms with Crippen LogP contribution in [-0.4, -0.2) is 72.6 Å². The molecule has 2 saturated heterocycles. The first kappa shape index (κ1) is 19.6. The number of carbonyl (C=O) groups is 2. The summed E-state index contributed by atoms with van der Waals surface area (Å²) in [7, 11) is 1.56. The molecular formula is C21H26N4O4. The van der Waals surface area contributed by atoms with E-state index in [4.69, 9.17) is 9.26 Å². The third kappa shape index (κ3) is 4.18. The lowest BCUT2D eigenvalue weighted by atomic mass is 10.0. The fourth-order valence-electron chi connectivity index (χ4n) is 4.08. The molecule has 1 aromatic heterocycles. The molecule has 8 nitrogen and oxygen atoms in total. The standard InChI is InChI=1S/C21H26N4O4/c1-28-15-17-14-18(22-29-17)20(26)24-12-10-23(11-13-24)19-8-5-9-25(21(19)27)16-6-3-2-4-7-16/h2-4,6-7,14,19H,5,8-13,15H2,1H3/t19-/m1/s1. The Morgan fingerprint density at radius 2 is 1.93 bits per heavy atom. The molecule has 1 aromatic carbocycles. The zero-order valence-corrected chi connectivity index (χ0v) is 16.6. The molecule has 8 heteroatoms. The number of rotatable bonds is 5. The third-order valence-electron chi connectivity index (χ3n) is 5.59. The fraction of sp³-hybridized carbons (Fsp3) is 0.476. The van der Waals surface area contributed by atoms with Crippen molar-refractivity contribution in [3.63, 3.8) is 0 Å². The number of nitrogens with zero attached hydrogens (tertiary/aromatic N) is 4. The summed E-state index contributed by atoms with van der Waals surface area (Å²) in [5.41, 5.74) is 1.25. The van der Waals surface area contributed by atoms with Gasteiger partial charge in [-0.1, -0.05) is 23.4 Å². The third-order valence-corrected chi connectivity index (χ3v) is 5.59. The number of piperazine rings is 1. The number of para-hydroxylation sites is 1. The Morgan fingerprint density at radius 3 is 2.66 bits per heavy atom. The van der Waals surface area contributed by atoms with Gasteiger partial charge in [0.25, 0.3) is 5.91 Å². The van der Waals surface area contributed by atoms with Gasteiger partial charge in [-0.3, -0.25) is 14.5 Å². The van der Waals surface area contributed by atoms with Crippen LogP contribution < -0.4 is 4.90 Å². The minimum Gasteiger partial charge on any atom is -0.377 e. The van der Waals surface area contributed by atoms with Crippen molar-refractivity contribution in [2.45, 2.75) is 25.5 Å². The van der Waals surface area contributed by atoms with Crippen LogP contribution >= 0.6 is 0 Å². The van der Waals surface area contributed by atoms with Gasteiger partial charge in [0, 0.05) is 51.6 Å². The van der Waals surface area contributed by atoms with Gasteiger partial charge in [0.05, 0.1) is 6.04 Å². The number of piperidine rings is 1. The van der Waals surface area contributed by atoms with Gasteiger partial charge in [-0.05, 0) is 25.0 Å². The summed E-state index contributed by atoms with van der Waals surface area (Å²) in [5, 5.41) is 3.85. The van der Waals surface area contributed by atoms with E-state index >= 15 is 0 Å². The number of aromatic nitrogens is 1. The lowest BCUT2D eigenvalue weighted by Gasteiger charge is -2.42. The molecule has 29 heavy (non-hydrogen) atoms. The largest absolute Gasteiger partial charge is 0.377 e. The van der Waals surface area contributed by atoms with E-state index in [-0.39, 0.29) is 24.5 Å². The van der Waals surface area contributed by atoms with Gasteiger partial charge in [-0.15, -0.1) is 0 Å². The summed E-state index contributed by atoms with van der Waals surface area (Å²) in [6.07, 6.45) is 1.84. The topological polar surface area (TPSA) is 79.1 Å². The second-order valence-corrected chi connectivity index (χ2v) is 7.42. The first-order valence-electron chi connectivity index (χ1n) is 10.0. The molecule has 3 heterocycles. The SMILES string of the molecule is COCc1cc(C(=O)N2CCN([C@@H]3CCCN(c4ccccc4)C3=O)CC2)no1. The zero-order valence-electron chi connectivity index (χ0n) is 16.6. The van der Waals surface area contributed by atoms with Crippen LogP contribution in [0.1, 0.15) is 29.1 Å². The fourth-order valence-corrected chi connectivity index (χ4v) is 4.08. The maximum atomic E-state index is 13.1. The first-order valence-corrected chi connectivity index (χ1v) is 10.0. The highest BCUT2D eigenvalue weighted by molar-refractivity contribution is 5.98. The number of anilines is 1. The van der Waals surface area contributed by atoms with Crippen molar-refractivity contribution in [1.82, 2.24) is 15.0 Å². The Bertz CT molecular complexity index is 845. The molecule has 2 aliphatic rings. The van der Waals surface area contributed by atoms with Crippen molar-refractivity contribution in [1.29, 1.82) is 0 Å². The monoisotopic (exact) mass is 398 g/mol. The van der Waals surface area contributed by atoms with Crippen molar-refractivity contribution >= 4 is 17.5 Å². The summed E-state index contributed by atoms with van der Waals surface area (Å²) in [6, 6.07) is 11.3. The van der Waals surface area contributed by atoms with Gasteiger partial charge >= 0.3 is 0 Å². The molecule has 0 unspecified atom stereocenters. The normalized spacial score (nSPS) is 20.9. The quantitative estimate of drug-likeness (QED) is 0.764. The van der Waals surface area contributed by atoms with Crippen molar-refractivity contribution in [3.05, 3.63) is 47.9 Å². The van der Waals surface area contributed by atoms with Crippen LogP contribution in [0.25, 0.3) is 0 Å². The molecule has 4 rings (SSSR count). The summed E-state index contributed by atoms with van der Waals surface area (Å²) in [5.74, 6) is 0.544. The van der Waals surface area contributed by atoms with Crippen molar-refractivity contribution in [3.8, 4) is 0 Å². The van der Waals surface area contributed by atoms with Crippen LogP contribution in [0, 0.1) is 0 Å². The Hall–Kier alpha value is -2.71. The number of ether oxygens (including phenoxy) is 1. The van der Waals surface area contributed by atoms with Crippen LogP contribution in [0.15, 0.2) is 40.9 Å². The smallest absolute Gasteiger partial charge is 0.276 e. The number of benzene rings is 1. The molecule has 2 amide bonds. The molecule has 0 radical (unpaired) electrons. The minimum atomic E-state index is -0.142. The van der Waals surface area contributed by atoms with Crippen molar-refractivity contribution in [2.24, 2.45) is 0 Å². The molecular weight excluding hydrogens is 372 g/mol. The van der Waals surface area contributed by atoms with Gasteiger partial charge in [0.1, 0.15) is 6.61 Å². The second-order valence-electron chi connectivity index (χ2n) is 7.42. The highest BCUT2D eigenvalue weighted by atomic mass is 16.5. The van der Waals surface area contributed by atoms with Crippen LogP contribution in [0.2, 0.25) is 0 Å². The first-order chi connectivity index (χ1) is 14.2. The van der Waals surface area contributed by atoms with Gasteiger partial charge in [-0.2, -0.15) is 0 Å². The predicted octanol–water partition coefficient (Wildman–Crippen LogP) is 1.77. The molecule has 2 aromatic rings. The van der Waals surface area contributed by atoms with Crippen molar-refractivity contribution < 1.29 is 18.8 Å². The maximum absolute atomic E-state index is 13.1. The molecule has 0 aliphatic carbocycles. The van der Waals surface area contributed by atoms with Gasteiger partial charge in [0.2, 0.25) is 5.91 Å². The molecule has 0 bridgehead atoms. The van der Waals surface area contributed by atoms with E-state index in [2.05, 4.69) is 10.1 Å². The average Bonchev–Trinajstić information content (AvgIpc) is 3.23. The van der Waals surface area contributed by atoms with Crippen LogP contribution in [-0.2, 0) is 16.1 Å². The number of hydrogen-bond acceptors (Lipinski definition) is 6. The summed E-state index contributed by atoms with van der Waals surface area (Å²) in [4.78, 5) is 31.6. The maximum Gasteiger partial charge on any atom is 0.276 e. The van der Waals surface area contributed by atoms with Crippen molar-refractivity contribution in [2.75, 3.05) is 44.7 Å². The lowest BCUT2D eigenvalue weighted by Crippen LogP contribution is -2.58. The van der Waals surface area contributed by atoms with Crippen LogP contribution in [0.4, 0.5) is 5.69 Å². The summed E-state index contributed by atoms with van der Waals surface area (Å²) in [6.45, 7) is 3.53. The Labute approximate surface area is 170 Å². The molecule has 2 fully saturated rings. The van der Waals surface area contributed by atoms with Crippen LogP contribution in [0.3, 0.4) is 0 Å². The number of hydrogen-bond donors (Lipinski definition) is 0. The number of carbonyl (C=O) groups excluding carboxylic acids is 2. The van der Waals surface area contributed by atoms with E-state index in [0.717, 1.165) is 25.1 Å². The second kappa shape index (κ2) is 8.75. The van der Waals surface area contributed by atoms with Gasteiger partial charge in [-0.25, -0.2) is 0 Å². The predicted molar refractivity (Wildman–Crippen MR) is 107 cm³/mol. The average molecular weight is 398 g/mol. The van der Waals surface area contributed by atoms with Gasteiger partial charge < -0.3 is 19.1 Å². The van der Waals surface area contributed by atoms with Gasteiger partial charge in [0.15, 0.2) is 11.5 Å². The van der Waals surface area contributed by atoms with E-state index in [0.29, 0.717) is 37.6 Å². The van der Waals surface area contributed by atoms with E-state index in [1.807, 2.05) is 35.2 Å². The van der Waals surface area contributed by atoms with E-state index in [1.165, 1.54) is 0 Å². The lowest BCUT2D eigenvalue weighted by molar-refractivity contribution is -0.126. The van der Waals surface area contributed by atoms with E-state index in [1.54, 1.807) is 18.1 Å². The number of amides is 2. The molecule has 0 spiro atoms. The zero-order chi connectivity index (χ0) is 20.2. The molecule has 0 N–H and O–H groups in total. The Kier molecular flexibility index (Phi) is 5.92. The van der Waals surface area contributed by atoms with E-state index in [9.17, 15) is 9.59 Å². The number of methoxy groups -OCH3 is 1. The highest BCUT2D eigenvalue weighted by Gasteiger charge is 2.36. The van der Waals surface area contributed by atoms with E-state index < -0.39 is 0 Å². The Morgan fingerprint density at radius 1 is 1.17 bits per heavy atom. The molecule has 154 valence electrons. The highest BCUT2D eigenvalue weighted by Crippen LogP contribution is 2.24. The molecule has 1 atom stereocenters. The molecule has 2 aliphatic heterocycles. The summed E-state index contributed by atoms with van der Waals surface area (Å²) < 4.78 is 10.1. The molecule has 0 saturated carbocycles. The minimum absolute atomic E-state index is 0.124. The summed E-state index contributed by atoms with van der Waals surface area (Å²) >= 11 is 0. The van der Waals surface area contributed by atoms with Crippen LogP contribution in [0.5, 0.6) is 0 Å².